The third kappa shape index (κ3) is 8.57. The molecule has 1 atom stereocenters. The number of amides is 2. The predicted octanol–water partition coefficient (Wildman–Crippen LogP) is 4.49. The number of nitrogens with one attached hydrogen (secondary N) is 1. The van der Waals surface area contributed by atoms with Crippen molar-refractivity contribution in [2.75, 3.05) is 30.3 Å². The van der Waals surface area contributed by atoms with Crippen LogP contribution in [-0.4, -0.2) is 57.1 Å². The first-order chi connectivity index (χ1) is 17.0. The number of likely N-dealkylation sites (N-methyl/N-ethyl adjacent to an activating group) is 1. The maximum atomic E-state index is 13.3. The molecule has 0 aliphatic carbocycles. The van der Waals surface area contributed by atoms with Crippen LogP contribution in [0.4, 0.5) is 5.69 Å². The summed E-state index contributed by atoms with van der Waals surface area (Å²) < 4.78 is 31.6. The molecule has 0 radical (unpaired) electrons. The first-order valence-electron chi connectivity index (χ1n) is 11.7. The van der Waals surface area contributed by atoms with Crippen LogP contribution in [0.2, 0.25) is 10.0 Å². The molecule has 0 aromatic heterocycles. The standard InChI is InChI=1S/C25H33Cl2N3O5S/c1-5-28-25(32)18(3)29(17-19-9-10-20(26)16-23(19)27)24(31)8-7-15-30(36(4,33)34)21-11-13-22(14-12-21)35-6-2/h9-14,16,18H,5-8,15,17H2,1-4H3,(H,28,32)/t18-/m1/s1. The van der Waals surface area contributed by atoms with Gasteiger partial charge in [-0.15, -0.1) is 0 Å². The molecule has 0 spiro atoms. The molecule has 0 saturated carbocycles. The molecule has 0 saturated heterocycles. The average Bonchev–Trinajstić information content (AvgIpc) is 2.81. The molecular formula is C25H33Cl2N3O5S. The molecule has 2 amide bonds. The molecule has 8 nitrogen and oxygen atoms in total. The highest BCUT2D eigenvalue weighted by atomic mass is 35.5. The lowest BCUT2D eigenvalue weighted by Gasteiger charge is -2.29. The Morgan fingerprint density at radius 1 is 1.08 bits per heavy atom. The van der Waals surface area contributed by atoms with Gasteiger partial charge in [-0.3, -0.25) is 13.9 Å². The zero-order chi connectivity index (χ0) is 26.9. The van der Waals surface area contributed by atoms with Gasteiger partial charge in [0.2, 0.25) is 21.8 Å². The minimum Gasteiger partial charge on any atom is -0.494 e. The van der Waals surface area contributed by atoms with Crippen LogP contribution in [0, 0.1) is 0 Å². The molecule has 0 aliphatic heterocycles. The van der Waals surface area contributed by atoms with E-state index in [-0.39, 0.29) is 37.7 Å². The number of halogens is 2. The van der Waals surface area contributed by atoms with E-state index in [9.17, 15) is 18.0 Å². The quantitative estimate of drug-likeness (QED) is 0.391. The number of nitrogens with zero attached hydrogens (tertiary/aromatic N) is 2. The summed E-state index contributed by atoms with van der Waals surface area (Å²) >= 11 is 12.3. The second-order valence-corrected chi connectivity index (χ2v) is 10.9. The van der Waals surface area contributed by atoms with E-state index >= 15 is 0 Å². The Hall–Kier alpha value is -2.49. The Bertz CT molecular complexity index is 1140. The number of ether oxygens (including phenoxy) is 1. The van der Waals surface area contributed by atoms with Crippen LogP contribution in [0.1, 0.15) is 39.2 Å². The van der Waals surface area contributed by atoms with E-state index in [0.29, 0.717) is 40.2 Å². The topological polar surface area (TPSA) is 96.0 Å². The monoisotopic (exact) mass is 557 g/mol. The number of rotatable bonds is 13. The molecule has 0 unspecified atom stereocenters. The smallest absolute Gasteiger partial charge is 0.242 e. The fourth-order valence-electron chi connectivity index (χ4n) is 3.62. The first-order valence-corrected chi connectivity index (χ1v) is 14.3. The van der Waals surface area contributed by atoms with Gasteiger partial charge in [0.25, 0.3) is 0 Å². The van der Waals surface area contributed by atoms with Gasteiger partial charge in [0.05, 0.1) is 18.6 Å². The maximum absolute atomic E-state index is 13.3. The van der Waals surface area contributed by atoms with Gasteiger partial charge >= 0.3 is 0 Å². The van der Waals surface area contributed by atoms with E-state index in [4.69, 9.17) is 27.9 Å². The lowest BCUT2D eigenvalue weighted by molar-refractivity contribution is -0.140. The number of benzene rings is 2. The maximum Gasteiger partial charge on any atom is 0.242 e. The second-order valence-electron chi connectivity index (χ2n) is 8.19. The highest BCUT2D eigenvalue weighted by molar-refractivity contribution is 7.92. The number of sulfonamides is 1. The van der Waals surface area contributed by atoms with Crippen LogP contribution in [0.15, 0.2) is 42.5 Å². The van der Waals surface area contributed by atoms with Crippen LogP contribution >= 0.6 is 23.2 Å². The van der Waals surface area contributed by atoms with Gasteiger partial charge in [0, 0.05) is 36.1 Å². The molecule has 2 aromatic rings. The molecule has 2 rings (SSSR count). The van der Waals surface area contributed by atoms with Crippen molar-refractivity contribution in [2.24, 2.45) is 0 Å². The SMILES string of the molecule is CCNC(=O)[C@@H](C)N(Cc1ccc(Cl)cc1Cl)C(=O)CCCN(c1ccc(OCC)cc1)S(C)(=O)=O. The summed E-state index contributed by atoms with van der Waals surface area (Å²) in [6.45, 7) is 6.46. The van der Waals surface area contributed by atoms with Crippen LogP contribution in [0.25, 0.3) is 0 Å². The van der Waals surface area contributed by atoms with Gasteiger partial charge in [0.15, 0.2) is 0 Å². The molecule has 0 bridgehead atoms. The fraction of sp³-hybridized carbons (Fsp3) is 0.440. The molecule has 36 heavy (non-hydrogen) atoms. The highest BCUT2D eigenvalue weighted by Crippen LogP contribution is 2.25. The largest absolute Gasteiger partial charge is 0.494 e. The van der Waals surface area contributed by atoms with Gasteiger partial charge in [0.1, 0.15) is 11.8 Å². The van der Waals surface area contributed by atoms with Crippen molar-refractivity contribution >= 4 is 50.7 Å². The van der Waals surface area contributed by atoms with Gasteiger partial charge in [-0.25, -0.2) is 8.42 Å². The van der Waals surface area contributed by atoms with E-state index in [2.05, 4.69) is 5.32 Å². The van der Waals surface area contributed by atoms with Crippen LogP contribution in [0.3, 0.4) is 0 Å². The van der Waals surface area contributed by atoms with Crippen LogP contribution in [-0.2, 0) is 26.2 Å². The third-order valence-electron chi connectivity index (χ3n) is 5.46. The minimum atomic E-state index is -3.58. The van der Waals surface area contributed by atoms with Gasteiger partial charge in [-0.2, -0.15) is 0 Å². The van der Waals surface area contributed by atoms with Crippen molar-refractivity contribution in [3.05, 3.63) is 58.1 Å². The zero-order valence-corrected chi connectivity index (χ0v) is 23.3. The van der Waals surface area contributed by atoms with Crippen molar-refractivity contribution in [1.82, 2.24) is 10.2 Å². The second kappa shape index (κ2) is 13.7. The third-order valence-corrected chi connectivity index (χ3v) is 7.24. The fourth-order valence-corrected chi connectivity index (χ4v) is 5.05. The van der Waals surface area contributed by atoms with E-state index in [0.717, 1.165) is 6.26 Å². The Morgan fingerprint density at radius 3 is 2.31 bits per heavy atom. The summed E-state index contributed by atoms with van der Waals surface area (Å²) in [7, 11) is -3.58. The van der Waals surface area contributed by atoms with Crippen LogP contribution < -0.4 is 14.4 Å². The van der Waals surface area contributed by atoms with E-state index in [1.54, 1.807) is 56.3 Å². The average molecular weight is 559 g/mol. The van der Waals surface area contributed by atoms with Crippen molar-refractivity contribution < 1.29 is 22.7 Å². The summed E-state index contributed by atoms with van der Waals surface area (Å²) in [5.41, 5.74) is 1.13. The Balaban J connectivity index is 2.17. The number of hydrogen-bond donors (Lipinski definition) is 1. The van der Waals surface area contributed by atoms with Crippen molar-refractivity contribution in [3.63, 3.8) is 0 Å². The number of anilines is 1. The summed E-state index contributed by atoms with van der Waals surface area (Å²) in [6.07, 6.45) is 1.42. The van der Waals surface area contributed by atoms with Gasteiger partial charge < -0.3 is 15.0 Å². The normalized spacial score (nSPS) is 12.1. The Labute approximate surface area is 223 Å². The molecular weight excluding hydrogens is 525 g/mol. The van der Waals surface area contributed by atoms with Crippen molar-refractivity contribution in [1.29, 1.82) is 0 Å². The van der Waals surface area contributed by atoms with E-state index in [1.807, 2.05) is 6.92 Å². The molecule has 198 valence electrons. The highest BCUT2D eigenvalue weighted by Gasteiger charge is 2.27. The molecule has 0 heterocycles. The van der Waals surface area contributed by atoms with Crippen LogP contribution in [0.5, 0.6) is 5.75 Å². The van der Waals surface area contributed by atoms with Crippen molar-refractivity contribution in [2.45, 2.75) is 46.2 Å². The summed E-state index contributed by atoms with van der Waals surface area (Å²) in [6, 6.07) is 11.0. The first kappa shape index (κ1) is 29.7. The van der Waals surface area contributed by atoms with Crippen molar-refractivity contribution in [3.8, 4) is 5.75 Å². The molecule has 2 aromatic carbocycles. The lowest BCUT2D eigenvalue weighted by atomic mass is 10.1. The number of hydrogen-bond acceptors (Lipinski definition) is 5. The molecule has 1 N–H and O–H groups in total. The van der Waals surface area contributed by atoms with E-state index in [1.165, 1.54) is 9.21 Å². The number of carbonyl (C=O) groups excluding carboxylic acids is 2. The van der Waals surface area contributed by atoms with Gasteiger partial charge in [-0.05, 0) is 69.2 Å². The molecule has 0 aliphatic rings. The minimum absolute atomic E-state index is 0.0397. The summed E-state index contributed by atoms with van der Waals surface area (Å²) in [4.78, 5) is 27.2. The number of carbonyl (C=O) groups is 2. The zero-order valence-electron chi connectivity index (χ0n) is 21.0. The molecule has 11 heteroatoms. The lowest BCUT2D eigenvalue weighted by Crippen LogP contribution is -2.47. The summed E-state index contributed by atoms with van der Waals surface area (Å²) in [5, 5.41) is 3.59. The Morgan fingerprint density at radius 2 is 1.75 bits per heavy atom. The Kier molecular flexibility index (Phi) is 11.3. The summed E-state index contributed by atoms with van der Waals surface area (Å²) in [5.74, 6) is 0.0590. The van der Waals surface area contributed by atoms with E-state index < -0.39 is 16.1 Å². The van der Waals surface area contributed by atoms with Gasteiger partial charge in [-0.1, -0.05) is 29.3 Å². The predicted molar refractivity (Wildman–Crippen MR) is 144 cm³/mol. The molecule has 0 fully saturated rings.